The van der Waals surface area contributed by atoms with E-state index in [-0.39, 0.29) is 11.7 Å². The lowest BCUT2D eigenvalue weighted by molar-refractivity contribution is -0.137. The molecule has 138 valence electrons. The molecule has 3 rings (SSSR count). The van der Waals surface area contributed by atoms with E-state index in [1.165, 1.54) is 18.9 Å². The SMILES string of the molecule is O=C(C1CCN(CCSc2ccccc2F)CC1)N1CCCCCC1. The second-order valence-corrected chi connectivity index (χ2v) is 8.27. The molecule has 0 unspecified atom stereocenters. The zero-order valence-electron chi connectivity index (χ0n) is 15.0. The van der Waals surface area contributed by atoms with Gasteiger partial charge in [0, 0.05) is 36.2 Å². The van der Waals surface area contributed by atoms with Crippen molar-refractivity contribution in [3.63, 3.8) is 0 Å². The van der Waals surface area contributed by atoms with Crippen molar-refractivity contribution >= 4 is 17.7 Å². The van der Waals surface area contributed by atoms with Crippen LogP contribution >= 0.6 is 11.8 Å². The highest BCUT2D eigenvalue weighted by Gasteiger charge is 2.28. The number of thioether (sulfide) groups is 1. The molecule has 0 atom stereocenters. The smallest absolute Gasteiger partial charge is 0.225 e. The number of benzene rings is 1. The number of carbonyl (C=O) groups is 1. The van der Waals surface area contributed by atoms with E-state index < -0.39 is 0 Å². The maximum absolute atomic E-state index is 13.6. The van der Waals surface area contributed by atoms with Gasteiger partial charge < -0.3 is 9.80 Å². The Bertz CT molecular complexity index is 552. The molecule has 0 radical (unpaired) electrons. The Morgan fingerprint density at radius 2 is 1.72 bits per heavy atom. The molecule has 2 fully saturated rings. The second-order valence-electron chi connectivity index (χ2n) is 7.13. The van der Waals surface area contributed by atoms with Crippen LogP contribution in [0.15, 0.2) is 29.2 Å². The highest BCUT2D eigenvalue weighted by molar-refractivity contribution is 7.99. The van der Waals surface area contributed by atoms with Gasteiger partial charge in [-0.3, -0.25) is 4.79 Å². The van der Waals surface area contributed by atoms with Crippen LogP contribution in [0.1, 0.15) is 38.5 Å². The molecule has 2 heterocycles. The third kappa shape index (κ3) is 5.45. The van der Waals surface area contributed by atoms with E-state index in [1.807, 2.05) is 12.1 Å². The lowest BCUT2D eigenvalue weighted by atomic mass is 9.95. The zero-order chi connectivity index (χ0) is 17.5. The largest absolute Gasteiger partial charge is 0.342 e. The lowest BCUT2D eigenvalue weighted by Crippen LogP contribution is -2.43. The fraction of sp³-hybridized carbons (Fsp3) is 0.650. The second kappa shape index (κ2) is 9.58. The van der Waals surface area contributed by atoms with Crippen LogP contribution in [-0.4, -0.2) is 54.2 Å². The van der Waals surface area contributed by atoms with Gasteiger partial charge in [-0.1, -0.05) is 25.0 Å². The van der Waals surface area contributed by atoms with Crippen molar-refractivity contribution in [2.75, 3.05) is 38.5 Å². The van der Waals surface area contributed by atoms with E-state index in [9.17, 15) is 9.18 Å². The van der Waals surface area contributed by atoms with Gasteiger partial charge in [-0.25, -0.2) is 4.39 Å². The van der Waals surface area contributed by atoms with Crippen LogP contribution in [0.2, 0.25) is 0 Å². The topological polar surface area (TPSA) is 23.6 Å². The molecule has 2 aliphatic heterocycles. The standard InChI is InChI=1S/C20H29FN2OS/c21-18-7-3-4-8-19(18)25-16-15-22-13-9-17(10-14-22)20(24)23-11-5-1-2-6-12-23/h3-4,7-8,17H,1-2,5-6,9-16H2. The first-order chi connectivity index (χ1) is 12.2. The Labute approximate surface area is 154 Å². The molecule has 3 nitrogen and oxygen atoms in total. The summed E-state index contributed by atoms with van der Waals surface area (Å²) in [4.78, 5) is 18.0. The van der Waals surface area contributed by atoms with Gasteiger partial charge >= 0.3 is 0 Å². The number of halogens is 1. The highest BCUT2D eigenvalue weighted by Crippen LogP contribution is 2.24. The maximum Gasteiger partial charge on any atom is 0.225 e. The summed E-state index contributed by atoms with van der Waals surface area (Å²) >= 11 is 1.58. The van der Waals surface area contributed by atoms with E-state index in [0.29, 0.717) is 5.91 Å². The van der Waals surface area contributed by atoms with Gasteiger partial charge in [0.05, 0.1) is 0 Å². The average molecular weight is 365 g/mol. The minimum Gasteiger partial charge on any atom is -0.342 e. The predicted molar refractivity (Wildman–Crippen MR) is 101 cm³/mol. The van der Waals surface area contributed by atoms with Crippen molar-refractivity contribution in [2.24, 2.45) is 5.92 Å². The first-order valence-corrected chi connectivity index (χ1v) is 10.6. The van der Waals surface area contributed by atoms with E-state index in [4.69, 9.17) is 0 Å². The lowest BCUT2D eigenvalue weighted by Gasteiger charge is -2.34. The fourth-order valence-corrected chi connectivity index (χ4v) is 4.75. The summed E-state index contributed by atoms with van der Waals surface area (Å²) in [5.41, 5.74) is 0. The van der Waals surface area contributed by atoms with Crippen LogP contribution in [-0.2, 0) is 4.79 Å². The van der Waals surface area contributed by atoms with Gasteiger partial charge in [0.25, 0.3) is 0 Å². The molecule has 0 aliphatic carbocycles. The number of hydrogen-bond donors (Lipinski definition) is 0. The summed E-state index contributed by atoms with van der Waals surface area (Å²) in [6.45, 7) is 4.85. The Morgan fingerprint density at radius 3 is 2.40 bits per heavy atom. The molecule has 2 aliphatic rings. The summed E-state index contributed by atoms with van der Waals surface area (Å²) in [5.74, 6) is 1.37. The number of amides is 1. The molecule has 2 saturated heterocycles. The minimum absolute atomic E-state index is 0.130. The van der Waals surface area contributed by atoms with Crippen LogP contribution in [0.5, 0.6) is 0 Å². The summed E-state index contributed by atoms with van der Waals surface area (Å²) in [7, 11) is 0. The summed E-state index contributed by atoms with van der Waals surface area (Å²) < 4.78 is 13.6. The van der Waals surface area contributed by atoms with E-state index >= 15 is 0 Å². The Kier molecular flexibility index (Phi) is 7.17. The van der Waals surface area contributed by atoms with Crippen molar-refractivity contribution in [1.29, 1.82) is 0 Å². The molecule has 0 bridgehead atoms. The molecule has 0 saturated carbocycles. The number of piperidine rings is 1. The first-order valence-electron chi connectivity index (χ1n) is 9.62. The Morgan fingerprint density at radius 1 is 1.04 bits per heavy atom. The molecule has 1 aromatic rings. The Hall–Kier alpha value is -1.07. The van der Waals surface area contributed by atoms with Gasteiger partial charge in [0.2, 0.25) is 5.91 Å². The summed E-state index contributed by atoms with van der Waals surface area (Å²) in [6, 6.07) is 6.96. The van der Waals surface area contributed by atoms with Crippen molar-refractivity contribution in [1.82, 2.24) is 9.80 Å². The molecule has 0 N–H and O–H groups in total. The van der Waals surface area contributed by atoms with Gasteiger partial charge in [0.15, 0.2) is 0 Å². The number of rotatable bonds is 5. The van der Waals surface area contributed by atoms with Crippen molar-refractivity contribution in [3.8, 4) is 0 Å². The third-order valence-corrected chi connectivity index (χ3v) is 6.39. The molecule has 0 aromatic heterocycles. The van der Waals surface area contributed by atoms with Crippen LogP contribution in [0.3, 0.4) is 0 Å². The number of hydrogen-bond acceptors (Lipinski definition) is 3. The van der Waals surface area contributed by atoms with Crippen molar-refractivity contribution in [3.05, 3.63) is 30.1 Å². The molecule has 1 aromatic carbocycles. The average Bonchev–Trinajstić information content (AvgIpc) is 2.93. The normalized spacial score (nSPS) is 20.4. The number of carbonyl (C=O) groups excluding carboxylic acids is 1. The third-order valence-electron chi connectivity index (χ3n) is 5.36. The van der Waals surface area contributed by atoms with Crippen molar-refractivity contribution in [2.45, 2.75) is 43.4 Å². The fourth-order valence-electron chi connectivity index (χ4n) is 3.80. The van der Waals surface area contributed by atoms with Gasteiger partial charge in [-0.2, -0.15) is 0 Å². The van der Waals surface area contributed by atoms with Crippen LogP contribution < -0.4 is 0 Å². The van der Waals surface area contributed by atoms with Crippen LogP contribution in [0.4, 0.5) is 4.39 Å². The summed E-state index contributed by atoms with van der Waals surface area (Å²) in [6.07, 6.45) is 6.80. The monoisotopic (exact) mass is 364 g/mol. The van der Waals surface area contributed by atoms with E-state index in [0.717, 1.165) is 69.1 Å². The van der Waals surface area contributed by atoms with E-state index in [2.05, 4.69) is 9.80 Å². The predicted octanol–water partition coefficient (Wildman–Crippen LogP) is 4.03. The molecular weight excluding hydrogens is 335 g/mol. The molecule has 1 amide bonds. The maximum atomic E-state index is 13.6. The molecular formula is C20H29FN2OS. The minimum atomic E-state index is -0.130. The van der Waals surface area contributed by atoms with Crippen LogP contribution in [0, 0.1) is 11.7 Å². The van der Waals surface area contributed by atoms with Gasteiger partial charge in [0.1, 0.15) is 5.82 Å². The van der Waals surface area contributed by atoms with Gasteiger partial charge in [-0.15, -0.1) is 11.8 Å². The number of likely N-dealkylation sites (tertiary alicyclic amines) is 2. The van der Waals surface area contributed by atoms with E-state index in [1.54, 1.807) is 17.8 Å². The summed E-state index contributed by atoms with van der Waals surface area (Å²) in [5, 5.41) is 0. The molecule has 5 heteroatoms. The first kappa shape index (κ1) is 18.7. The Balaban J connectivity index is 1.38. The number of nitrogens with zero attached hydrogens (tertiary/aromatic N) is 2. The zero-order valence-corrected chi connectivity index (χ0v) is 15.8. The highest BCUT2D eigenvalue weighted by atomic mass is 32.2. The molecule has 0 spiro atoms. The van der Waals surface area contributed by atoms with Crippen molar-refractivity contribution < 1.29 is 9.18 Å². The van der Waals surface area contributed by atoms with Crippen LogP contribution in [0.25, 0.3) is 0 Å². The van der Waals surface area contributed by atoms with Gasteiger partial charge in [-0.05, 0) is 50.9 Å². The molecule has 25 heavy (non-hydrogen) atoms. The quantitative estimate of drug-likeness (QED) is 0.737.